The smallest absolute Gasteiger partial charge is 0.309 e. The van der Waals surface area contributed by atoms with Crippen LogP contribution in [0, 0.1) is 11.8 Å². The van der Waals surface area contributed by atoms with Gasteiger partial charge in [0.2, 0.25) is 0 Å². The lowest BCUT2D eigenvalue weighted by Gasteiger charge is -2.36. The Kier molecular flexibility index (Phi) is 5.21. The van der Waals surface area contributed by atoms with Gasteiger partial charge in [-0.25, -0.2) is 0 Å². The topological polar surface area (TPSA) is 62.9 Å². The van der Waals surface area contributed by atoms with Crippen molar-refractivity contribution >= 4 is 16.9 Å². The molecule has 1 aliphatic heterocycles. The van der Waals surface area contributed by atoms with Crippen LogP contribution in [0.2, 0.25) is 0 Å². The third-order valence-electron chi connectivity index (χ3n) is 6.40. The van der Waals surface area contributed by atoms with Crippen molar-refractivity contribution in [2.75, 3.05) is 19.7 Å². The van der Waals surface area contributed by atoms with Crippen LogP contribution in [0.4, 0.5) is 0 Å². The molecule has 5 heteroatoms. The highest BCUT2D eigenvalue weighted by Gasteiger charge is 2.32. The van der Waals surface area contributed by atoms with Crippen molar-refractivity contribution in [1.29, 1.82) is 0 Å². The molecule has 1 aromatic heterocycles. The Morgan fingerprint density at radius 1 is 1.07 bits per heavy atom. The van der Waals surface area contributed by atoms with E-state index in [0.29, 0.717) is 19.0 Å². The lowest BCUT2D eigenvalue weighted by molar-refractivity contribution is -0.147. The molecular formula is C25H27NO4. The Morgan fingerprint density at radius 3 is 2.57 bits per heavy atom. The first-order chi connectivity index (χ1) is 14.6. The fourth-order valence-corrected chi connectivity index (χ4v) is 4.53. The summed E-state index contributed by atoms with van der Waals surface area (Å²) < 4.78 is 12.1. The second-order valence-corrected chi connectivity index (χ2v) is 8.70. The Hall–Kier alpha value is -2.79. The van der Waals surface area contributed by atoms with Gasteiger partial charge in [0.05, 0.1) is 12.5 Å². The van der Waals surface area contributed by atoms with Crippen LogP contribution in [0.3, 0.4) is 0 Å². The number of carbonyl (C=O) groups is 1. The zero-order chi connectivity index (χ0) is 20.5. The minimum Gasteiger partial charge on any atom is -0.493 e. The minimum absolute atomic E-state index is 0.216. The van der Waals surface area contributed by atoms with Crippen LogP contribution < -0.4 is 4.74 Å². The fraction of sp³-hybridized carbons (Fsp3) is 0.400. The molecule has 0 bridgehead atoms. The first-order valence-corrected chi connectivity index (χ1v) is 10.8. The van der Waals surface area contributed by atoms with Gasteiger partial charge in [0.25, 0.3) is 0 Å². The maximum atomic E-state index is 10.9. The summed E-state index contributed by atoms with van der Waals surface area (Å²) in [6.07, 6.45) is 5.23. The van der Waals surface area contributed by atoms with Crippen LogP contribution >= 0.6 is 0 Å². The van der Waals surface area contributed by atoms with E-state index < -0.39 is 5.97 Å². The average Bonchev–Trinajstić information content (AvgIpc) is 3.38. The monoisotopic (exact) mass is 405 g/mol. The SMILES string of the molecule is O=C(O)C1CN(Cc2ccc(-c3cc4cc(OCC5CCCC5)ccc4o3)cc2)C1. The molecule has 0 radical (unpaired) electrons. The number of furan rings is 1. The third kappa shape index (κ3) is 4.08. The Labute approximate surface area is 176 Å². The number of hydrogen-bond donors (Lipinski definition) is 1. The van der Waals surface area contributed by atoms with Gasteiger partial charge in [-0.3, -0.25) is 9.69 Å². The molecule has 2 aliphatic rings. The van der Waals surface area contributed by atoms with Crippen molar-refractivity contribution in [2.45, 2.75) is 32.2 Å². The Bertz CT molecular complexity index is 1030. The zero-order valence-electron chi connectivity index (χ0n) is 17.0. The number of ether oxygens (including phenoxy) is 1. The number of rotatable bonds is 7. The van der Waals surface area contributed by atoms with E-state index in [1.54, 1.807) is 0 Å². The number of nitrogens with zero attached hydrogens (tertiary/aromatic N) is 1. The lowest BCUT2D eigenvalue weighted by Crippen LogP contribution is -2.49. The number of fused-ring (bicyclic) bond motifs is 1. The highest BCUT2D eigenvalue weighted by molar-refractivity contribution is 5.84. The summed E-state index contributed by atoms with van der Waals surface area (Å²) in [6.45, 7) is 2.85. The molecular weight excluding hydrogens is 378 g/mol. The molecule has 3 aromatic rings. The highest BCUT2D eigenvalue weighted by Crippen LogP contribution is 2.32. The van der Waals surface area contributed by atoms with E-state index in [1.807, 2.05) is 12.1 Å². The number of likely N-dealkylation sites (tertiary alicyclic amines) is 1. The highest BCUT2D eigenvalue weighted by atomic mass is 16.5. The molecule has 5 nitrogen and oxygen atoms in total. The molecule has 30 heavy (non-hydrogen) atoms. The van der Waals surface area contributed by atoms with Crippen molar-refractivity contribution in [3.8, 4) is 17.1 Å². The van der Waals surface area contributed by atoms with E-state index in [9.17, 15) is 4.79 Å². The molecule has 5 rings (SSSR count). The first-order valence-electron chi connectivity index (χ1n) is 10.8. The van der Waals surface area contributed by atoms with E-state index in [-0.39, 0.29) is 5.92 Å². The maximum absolute atomic E-state index is 10.9. The lowest BCUT2D eigenvalue weighted by atomic mass is 9.99. The van der Waals surface area contributed by atoms with Gasteiger partial charge in [0.15, 0.2) is 0 Å². The molecule has 156 valence electrons. The van der Waals surface area contributed by atoms with Gasteiger partial charge < -0.3 is 14.3 Å². The van der Waals surface area contributed by atoms with Gasteiger partial charge in [0.1, 0.15) is 17.1 Å². The molecule has 0 atom stereocenters. The predicted octanol–water partition coefficient (Wildman–Crippen LogP) is 5.19. The van der Waals surface area contributed by atoms with Crippen LogP contribution in [0.15, 0.2) is 52.9 Å². The molecule has 2 heterocycles. The third-order valence-corrected chi connectivity index (χ3v) is 6.40. The standard InChI is InChI=1S/C25H27NO4/c27-25(28)21-14-26(15-21)13-17-5-7-19(8-6-17)24-12-20-11-22(9-10-23(20)30-24)29-16-18-3-1-2-4-18/h5-12,18,21H,1-4,13-16H2,(H,27,28). The van der Waals surface area contributed by atoms with Crippen LogP contribution in [0.5, 0.6) is 5.75 Å². The molecule has 1 aliphatic carbocycles. The summed E-state index contributed by atoms with van der Waals surface area (Å²) in [5.41, 5.74) is 3.08. The zero-order valence-corrected chi connectivity index (χ0v) is 17.0. The number of aliphatic carboxylic acids is 1. The quantitative estimate of drug-likeness (QED) is 0.586. The predicted molar refractivity (Wildman–Crippen MR) is 116 cm³/mol. The summed E-state index contributed by atoms with van der Waals surface area (Å²) in [4.78, 5) is 13.1. The van der Waals surface area contributed by atoms with E-state index in [1.165, 1.54) is 31.2 Å². The van der Waals surface area contributed by atoms with E-state index in [2.05, 4.69) is 41.3 Å². The van der Waals surface area contributed by atoms with Crippen molar-refractivity contribution < 1.29 is 19.1 Å². The second-order valence-electron chi connectivity index (χ2n) is 8.70. The fourth-order valence-electron chi connectivity index (χ4n) is 4.53. The van der Waals surface area contributed by atoms with Crippen LogP contribution in [-0.4, -0.2) is 35.7 Å². The summed E-state index contributed by atoms with van der Waals surface area (Å²) in [6, 6.07) is 16.4. The molecule has 0 spiro atoms. The molecule has 2 aromatic carbocycles. The number of hydrogen-bond acceptors (Lipinski definition) is 4. The molecule has 1 N–H and O–H groups in total. The van der Waals surface area contributed by atoms with Crippen molar-refractivity contribution in [3.05, 3.63) is 54.1 Å². The summed E-state index contributed by atoms with van der Waals surface area (Å²) >= 11 is 0. The second kappa shape index (κ2) is 8.15. The molecule has 0 unspecified atom stereocenters. The molecule has 1 saturated heterocycles. The number of carboxylic acids is 1. The van der Waals surface area contributed by atoms with Crippen LogP contribution in [0.25, 0.3) is 22.3 Å². The van der Waals surface area contributed by atoms with Crippen molar-refractivity contribution in [1.82, 2.24) is 4.90 Å². The van der Waals surface area contributed by atoms with E-state index in [4.69, 9.17) is 14.3 Å². The maximum Gasteiger partial charge on any atom is 0.309 e. The van der Waals surface area contributed by atoms with Crippen LogP contribution in [0.1, 0.15) is 31.2 Å². The van der Waals surface area contributed by atoms with E-state index >= 15 is 0 Å². The minimum atomic E-state index is -0.696. The summed E-state index contributed by atoms with van der Waals surface area (Å²) in [5, 5.41) is 10.0. The van der Waals surface area contributed by atoms with Gasteiger partial charge in [0, 0.05) is 30.6 Å². The van der Waals surface area contributed by atoms with Gasteiger partial charge in [-0.2, -0.15) is 0 Å². The molecule has 1 saturated carbocycles. The van der Waals surface area contributed by atoms with Crippen molar-refractivity contribution in [3.63, 3.8) is 0 Å². The molecule has 0 amide bonds. The van der Waals surface area contributed by atoms with Gasteiger partial charge in [-0.05, 0) is 48.6 Å². The van der Waals surface area contributed by atoms with Gasteiger partial charge in [-0.15, -0.1) is 0 Å². The van der Waals surface area contributed by atoms with Crippen LogP contribution in [-0.2, 0) is 11.3 Å². The van der Waals surface area contributed by atoms with Crippen molar-refractivity contribution in [2.24, 2.45) is 11.8 Å². The summed E-state index contributed by atoms with van der Waals surface area (Å²) in [7, 11) is 0. The summed E-state index contributed by atoms with van der Waals surface area (Å²) in [5.74, 6) is 1.54. The Morgan fingerprint density at radius 2 is 1.83 bits per heavy atom. The Balaban J connectivity index is 1.23. The van der Waals surface area contributed by atoms with E-state index in [0.717, 1.165) is 41.2 Å². The average molecular weight is 405 g/mol. The normalized spacial score (nSPS) is 18.0. The first kappa shape index (κ1) is 19.2. The number of carboxylic acid groups (broad SMARTS) is 1. The largest absolute Gasteiger partial charge is 0.493 e. The van der Waals surface area contributed by atoms with Gasteiger partial charge in [-0.1, -0.05) is 37.1 Å². The van der Waals surface area contributed by atoms with Gasteiger partial charge >= 0.3 is 5.97 Å². The number of benzene rings is 2. The molecule has 2 fully saturated rings.